The van der Waals surface area contributed by atoms with Crippen LogP contribution in [0.5, 0.6) is 0 Å². The van der Waals surface area contributed by atoms with Crippen LogP contribution in [0.15, 0.2) is 72.8 Å². The van der Waals surface area contributed by atoms with Gasteiger partial charge in [0.1, 0.15) is 6.67 Å². The van der Waals surface area contributed by atoms with E-state index < -0.39 is 11.0 Å². The maximum absolute atomic E-state index is 14.0. The number of nitrogens with zero attached hydrogens (tertiary/aromatic N) is 2. The first-order valence-electron chi connectivity index (χ1n) is 12.1. The van der Waals surface area contributed by atoms with E-state index in [2.05, 4.69) is 38.1 Å². The Balaban J connectivity index is 1.58. The topological polar surface area (TPSA) is 57.7 Å². The lowest BCUT2D eigenvalue weighted by molar-refractivity contribution is 0.0273. The van der Waals surface area contributed by atoms with Crippen LogP contribution in [-0.4, -0.2) is 39.7 Å². The Bertz CT molecular complexity index is 1310. The predicted octanol–water partition coefficient (Wildman–Crippen LogP) is 5.43. The fourth-order valence-corrected chi connectivity index (χ4v) is 5.76. The van der Waals surface area contributed by atoms with Crippen LogP contribution in [0.2, 0.25) is 0 Å². The minimum absolute atomic E-state index is 0.0859. The molecule has 2 heterocycles. The Morgan fingerprint density at radius 2 is 1.26 bits per heavy atom. The first kappa shape index (κ1) is 23.0. The maximum Gasteiger partial charge on any atom is 0.263 e. The van der Waals surface area contributed by atoms with E-state index in [0.717, 1.165) is 17.5 Å². The van der Waals surface area contributed by atoms with Crippen molar-refractivity contribution in [1.82, 2.24) is 9.80 Å². The molecule has 0 aromatic heterocycles. The number of hydrogen-bond donors (Lipinski definition) is 0. The Morgan fingerprint density at radius 1 is 0.714 bits per heavy atom. The number of carbonyl (C=O) groups is 3. The predicted molar refractivity (Wildman–Crippen MR) is 135 cm³/mol. The fourth-order valence-electron chi connectivity index (χ4n) is 5.76. The third-order valence-electron chi connectivity index (χ3n) is 7.67. The molecule has 0 bridgehead atoms. The van der Waals surface area contributed by atoms with E-state index in [1.165, 1.54) is 10.5 Å². The van der Waals surface area contributed by atoms with Gasteiger partial charge < -0.3 is 4.90 Å². The van der Waals surface area contributed by atoms with Crippen LogP contribution >= 0.6 is 0 Å². The molecule has 1 atom stereocenters. The summed E-state index contributed by atoms with van der Waals surface area (Å²) in [6.45, 7) is 8.28. The summed E-state index contributed by atoms with van der Waals surface area (Å²) in [5.41, 5.74) is 3.69. The molecular weight excluding hydrogens is 436 g/mol. The lowest BCUT2D eigenvalue weighted by Gasteiger charge is -2.42. The molecule has 0 spiro atoms. The quantitative estimate of drug-likeness (QED) is 0.482. The van der Waals surface area contributed by atoms with Crippen LogP contribution in [0.1, 0.15) is 81.9 Å². The van der Waals surface area contributed by atoms with Crippen molar-refractivity contribution >= 4 is 17.7 Å². The van der Waals surface area contributed by atoms with Gasteiger partial charge in [0.2, 0.25) is 0 Å². The monoisotopic (exact) mass is 466 g/mol. The van der Waals surface area contributed by atoms with E-state index >= 15 is 0 Å². The lowest BCUT2D eigenvalue weighted by Crippen LogP contribution is -2.54. The molecule has 35 heavy (non-hydrogen) atoms. The Hall–Kier alpha value is -3.73. The molecule has 2 aliphatic rings. The Labute approximate surface area is 206 Å². The Morgan fingerprint density at radius 3 is 1.83 bits per heavy atom. The highest BCUT2D eigenvalue weighted by molar-refractivity contribution is 6.21. The summed E-state index contributed by atoms with van der Waals surface area (Å²) in [6.07, 6.45) is 1.60. The number of aryl methyl sites for hydroxylation is 1. The van der Waals surface area contributed by atoms with Crippen molar-refractivity contribution in [1.29, 1.82) is 0 Å². The van der Waals surface area contributed by atoms with Crippen LogP contribution in [0.25, 0.3) is 0 Å². The Kier molecular flexibility index (Phi) is 5.39. The minimum Gasteiger partial charge on any atom is -0.315 e. The van der Waals surface area contributed by atoms with Crippen LogP contribution < -0.4 is 0 Å². The largest absolute Gasteiger partial charge is 0.315 e. The van der Waals surface area contributed by atoms with Gasteiger partial charge in [-0.1, -0.05) is 68.4 Å². The van der Waals surface area contributed by atoms with E-state index in [1.54, 1.807) is 29.2 Å². The third-order valence-corrected chi connectivity index (χ3v) is 7.67. The standard InChI is InChI=1S/C30H30N2O3/c1-5-20-14-16-21(17-15-20)30(4)18-29(2,3)32(28(35)24-12-8-9-13-25(24)30)19-31-26(33)22-10-6-7-11-23(22)27(31)34/h6-17H,5,18-19H2,1-4H3. The van der Waals surface area contributed by atoms with Crippen LogP contribution in [0.4, 0.5) is 0 Å². The molecule has 1 unspecified atom stereocenters. The molecule has 0 radical (unpaired) electrons. The van der Waals surface area contributed by atoms with E-state index in [9.17, 15) is 14.4 Å². The highest BCUT2D eigenvalue weighted by atomic mass is 16.2. The summed E-state index contributed by atoms with van der Waals surface area (Å²) in [7, 11) is 0. The molecule has 178 valence electrons. The van der Waals surface area contributed by atoms with Crippen molar-refractivity contribution in [3.8, 4) is 0 Å². The highest BCUT2D eigenvalue weighted by Gasteiger charge is 2.48. The number of benzene rings is 3. The number of hydrogen-bond acceptors (Lipinski definition) is 3. The van der Waals surface area contributed by atoms with Crippen LogP contribution in [0, 0.1) is 0 Å². The molecule has 3 aromatic rings. The summed E-state index contributed by atoms with van der Waals surface area (Å²) in [5.74, 6) is -0.884. The number of imide groups is 1. The van der Waals surface area contributed by atoms with Gasteiger partial charge in [0.05, 0.1) is 11.1 Å². The molecule has 5 nitrogen and oxygen atoms in total. The zero-order valence-corrected chi connectivity index (χ0v) is 20.7. The molecule has 3 aromatic carbocycles. The van der Waals surface area contributed by atoms with Crippen molar-refractivity contribution in [3.05, 3.63) is 106 Å². The molecule has 0 saturated heterocycles. The second kappa shape index (κ2) is 8.19. The highest BCUT2D eigenvalue weighted by Crippen LogP contribution is 2.45. The first-order chi connectivity index (χ1) is 16.7. The van der Waals surface area contributed by atoms with E-state index in [0.29, 0.717) is 23.1 Å². The van der Waals surface area contributed by atoms with Gasteiger partial charge in [-0.25, -0.2) is 0 Å². The smallest absolute Gasteiger partial charge is 0.263 e. The zero-order chi connectivity index (χ0) is 25.0. The minimum atomic E-state index is -0.635. The van der Waals surface area contributed by atoms with Gasteiger partial charge in [0, 0.05) is 16.5 Å². The zero-order valence-electron chi connectivity index (χ0n) is 20.7. The van der Waals surface area contributed by atoms with Crippen LogP contribution in [0.3, 0.4) is 0 Å². The molecule has 3 amide bonds. The van der Waals surface area contributed by atoms with Gasteiger partial charge in [0.25, 0.3) is 17.7 Å². The molecule has 0 fully saturated rings. The van der Waals surface area contributed by atoms with E-state index in [1.807, 2.05) is 38.1 Å². The van der Waals surface area contributed by atoms with Crippen LogP contribution in [-0.2, 0) is 11.8 Å². The number of carbonyl (C=O) groups excluding carboxylic acids is 3. The number of rotatable bonds is 4. The molecule has 5 heteroatoms. The second-order valence-electron chi connectivity index (χ2n) is 10.4. The average Bonchev–Trinajstić information content (AvgIpc) is 3.07. The molecule has 0 aliphatic carbocycles. The first-order valence-corrected chi connectivity index (χ1v) is 12.1. The van der Waals surface area contributed by atoms with Crippen molar-refractivity contribution in [2.45, 2.75) is 51.5 Å². The van der Waals surface area contributed by atoms with Gasteiger partial charge in [-0.15, -0.1) is 0 Å². The molecule has 0 saturated carbocycles. The maximum atomic E-state index is 14.0. The number of amides is 3. The number of fused-ring (bicyclic) bond motifs is 2. The third kappa shape index (κ3) is 3.57. The van der Waals surface area contributed by atoms with Gasteiger partial charge >= 0.3 is 0 Å². The van der Waals surface area contributed by atoms with Crippen molar-refractivity contribution in [3.63, 3.8) is 0 Å². The molecular formula is C30H30N2O3. The lowest BCUT2D eigenvalue weighted by atomic mass is 9.68. The summed E-state index contributed by atoms with van der Waals surface area (Å²) in [5, 5.41) is 0. The SMILES string of the molecule is CCc1ccc(C2(C)CC(C)(C)N(CN3C(=O)c4ccccc4C3=O)C(=O)c3ccccc32)cc1. The van der Waals surface area contributed by atoms with Gasteiger partial charge in [-0.3, -0.25) is 19.3 Å². The van der Waals surface area contributed by atoms with Crippen molar-refractivity contribution in [2.75, 3.05) is 6.67 Å². The summed E-state index contributed by atoms with van der Waals surface area (Å²) < 4.78 is 0. The van der Waals surface area contributed by atoms with Crippen molar-refractivity contribution in [2.24, 2.45) is 0 Å². The summed E-state index contributed by atoms with van der Waals surface area (Å²) >= 11 is 0. The van der Waals surface area contributed by atoms with E-state index in [4.69, 9.17) is 0 Å². The van der Waals surface area contributed by atoms with Gasteiger partial charge in [0.15, 0.2) is 0 Å². The fraction of sp³-hybridized carbons (Fsp3) is 0.300. The van der Waals surface area contributed by atoms with Crippen molar-refractivity contribution < 1.29 is 14.4 Å². The summed E-state index contributed by atoms with van der Waals surface area (Å²) in [6, 6.07) is 23.2. The average molecular weight is 467 g/mol. The second-order valence-corrected chi connectivity index (χ2v) is 10.4. The normalized spacial score (nSPS) is 21.1. The van der Waals surface area contributed by atoms with Gasteiger partial charge in [-0.05, 0) is 61.6 Å². The molecule has 0 N–H and O–H groups in total. The summed E-state index contributed by atoms with van der Waals surface area (Å²) in [4.78, 5) is 43.1. The molecule has 5 rings (SSSR count). The van der Waals surface area contributed by atoms with E-state index in [-0.39, 0.29) is 24.4 Å². The van der Waals surface area contributed by atoms with Gasteiger partial charge in [-0.2, -0.15) is 0 Å². The molecule has 2 aliphatic heterocycles.